The Labute approximate surface area is 100 Å². The summed E-state index contributed by atoms with van der Waals surface area (Å²) in [5.41, 5.74) is 1.25. The second-order valence-electron chi connectivity index (χ2n) is 4.52. The van der Waals surface area contributed by atoms with Crippen LogP contribution >= 0.6 is 0 Å². The third kappa shape index (κ3) is 3.83. The summed E-state index contributed by atoms with van der Waals surface area (Å²) in [6, 6.07) is 0. The lowest BCUT2D eigenvalue weighted by Crippen LogP contribution is -2.43. The number of carbonyl (C=O) groups is 1. The Bertz CT molecular complexity index is 379. The largest absolute Gasteiger partial charge is 0.393 e. The molecule has 1 heterocycles. The molecule has 0 aliphatic carbocycles. The third-order valence-corrected chi connectivity index (χ3v) is 2.63. The number of rotatable bonds is 5. The summed E-state index contributed by atoms with van der Waals surface area (Å²) in [4.78, 5) is 11.6. The standard InChI is InChI=1S/C11H19N3O3/c1-7-9(8(2)14-13-7)4-10(16)12-5-11(3,17)6-15/h15,17H,4-6H2,1-3H3,(H,12,16)(H,13,14). The van der Waals surface area contributed by atoms with E-state index in [1.165, 1.54) is 6.92 Å². The SMILES string of the molecule is Cc1n[nH]c(C)c1CC(=O)NCC(C)(O)CO. The molecule has 0 saturated carbocycles. The van der Waals surface area contributed by atoms with Gasteiger partial charge in [0, 0.05) is 17.8 Å². The number of aliphatic hydroxyl groups is 2. The van der Waals surface area contributed by atoms with Gasteiger partial charge in [0.15, 0.2) is 0 Å². The van der Waals surface area contributed by atoms with E-state index in [0.29, 0.717) is 0 Å². The molecular weight excluding hydrogens is 222 g/mol. The maximum Gasteiger partial charge on any atom is 0.224 e. The minimum absolute atomic E-state index is 0.0261. The molecule has 0 aliphatic heterocycles. The van der Waals surface area contributed by atoms with Crippen molar-refractivity contribution in [1.29, 1.82) is 0 Å². The van der Waals surface area contributed by atoms with Gasteiger partial charge in [0.2, 0.25) is 5.91 Å². The Morgan fingerprint density at radius 1 is 1.53 bits per heavy atom. The molecule has 1 aromatic rings. The van der Waals surface area contributed by atoms with E-state index in [-0.39, 0.29) is 18.9 Å². The first-order valence-electron chi connectivity index (χ1n) is 5.46. The molecule has 1 aromatic heterocycles. The number of H-pyrrole nitrogens is 1. The molecule has 0 radical (unpaired) electrons. The highest BCUT2D eigenvalue weighted by Crippen LogP contribution is 2.09. The van der Waals surface area contributed by atoms with Gasteiger partial charge in [-0.1, -0.05) is 0 Å². The van der Waals surface area contributed by atoms with Crippen molar-refractivity contribution in [1.82, 2.24) is 15.5 Å². The van der Waals surface area contributed by atoms with Crippen LogP contribution < -0.4 is 5.32 Å². The quantitative estimate of drug-likeness (QED) is 0.555. The number of nitrogens with one attached hydrogen (secondary N) is 2. The van der Waals surface area contributed by atoms with Gasteiger partial charge in [0.1, 0.15) is 5.60 Å². The molecule has 1 amide bonds. The van der Waals surface area contributed by atoms with Crippen LogP contribution in [0.4, 0.5) is 0 Å². The van der Waals surface area contributed by atoms with Crippen LogP contribution in [0.2, 0.25) is 0 Å². The third-order valence-electron chi connectivity index (χ3n) is 2.63. The van der Waals surface area contributed by atoms with Crippen LogP contribution in [0, 0.1) is 13.8 Å². The summed E-state index contributed by atoms with van der Waals surface area (Å²) < 4.78 is 0. The van der Waals surface area contributed by atoms with Crippen molar-refractivity contribution in [3.8, 4) is 0 Å². The highest BCUT2D eigenvalue weighted by Gasteiger charge is 2.20. The number of hydrogen-bond donors (Lipinski definition) is 4. The molecule has 0 saturated heterocycles. The fourth-order valence-corrected chi connectivity index (χ4v) is 1.40. The highest BCUT2D eigenvalue weighted by molar-refractivity contribution is 5.79. The molecule has 0 spiro atoms. The van der Waals surface area contributed by atoms with Crippen molar-refractivity contribution >= 4 is 5.91 Å². The summed E-state index contributed by atoms with van der Waals surface area (Å²) in [5.74, 6) is -0.202. The van der Waals surface area contributed by atoms with E-state index in [0.717, 1.165) is 17.0 Å². The van der Waals surface area contributed by atoms with E-state index >= 15 is 0 Å². The van der Waals surface area contributed by atoms with E-state index < -0.39 is 12.2 Å². The van der Waals surface area contributed by atoms with Crippen LogP contribution in [-0.4, -0.2) is 45.1 Å². The predicted molar refractivity (Wildman–Crippen MR) is 62.5 cm³/mol. The lowest BCUT2D eigenvalue weighted by Gasteiger charge is -2.20. The maximum atomic E-state index is 11.6. The molecule has 1 unspecified atom stereocenters. The molecule has 1 rings (SSSR count). The number of hydrogen-bond acceptors (Lipinski definition) is 4. The topological polar surface area (TPSA) is 98.2 Å². The normalized spacial score (nSPS) is 14.4. The van der Waals surface area contributed by atoms with E-state index in [9.17, 15) is 9.90 Å². The van der Waals surface area contributed by atoms with Crippen LogP contribution in [0.15, 0.2) is 0 Å². The number of amides is 1. The monoisotopic (exact) mass is 241 g/mol. The van der Waals surface area contributed by atoms with Crippen LogP contribution in [0.3, 0.4) is 0 Å². The van der Waals surface area contributed by atoms with Crippen molar-refractivity contribution in [3.05, 3.63) is 17.0 Å². The second kappa shape index (κ2) is 5.29. The first kappa shape index (κ1) is 13.7. The van der Waals surface area contributed by atoms with E-state index in [4.69, 9.17) is 5.11 Å². The first-order chi connectivity index (χ1) is 7.85. The molecule has 6 nitrogen and oxygen atoms in total. The Morgan fingerprint density at radius 3 is 2.65 bits per heavy atom. The van der Waals surface area contributed by atoms with Crippen molar-refractivity contribution < 1.29 is 15.0 Å². The average Bonchev–Trinajstić information content (AvgIpc) is 2.58. The number of aryl methyl sites for hydroxylation is 2. The molecule has 0 aromatic carbocycles. The molecule has 1 atom stereocenters. The van der Waals surface area contributed by atoms with Gasteiger partial charge in [0.25, 0.3) is 0 Å². The number of carbonyl (C=O) groups excluding carboxylic acids is 1. The molecule has 17 heavy (non-hydrogen) atoms. The van der Waals surface area contributed by atoms with Crippen molar-refractivity contribution in [2.75, 3.05) is 13.2 Å². The highest BCUT2D eigenvalue weighted by atomic mass is 16.3. The summed E-state index contributed by atoms with van der Waals surface area (Å²) in [6.45, 7) is 4.78. The smallest absolute Gasteiger partial charge is 0.224 e. The second-order valence-corrected chi connectivity index (χ2v) is 4.52. The van der Waals surface area contributed by atoms with Crippen LogP contribution in [0.5, 0.6) is 0 Å². The molecule has 6 heteroatoms. The zero-order valence-corrected chi connectivity index (χ0v) is 10.4. The Morgan fingerprint density at radius 2 is 2.18 bits per heavy atom. The van der Waals surface area contributed by atoms with Gasteiger partial charge in [-0.15, -0.1) is 0 Å². The molecule has 96 valence electrons. The molecule has 0 fully saturated rings. The molecule has 0 aliphatic rings. The van der Waals surface area contributed by atoms with Crippen molar-refractivity contribution in [2.24, 2.45) is 0 Å². The van der Waals surface area contributed by atoms with Gasteiger partial charge in [0.05, 0.1) is 18.7 Å². The molecule has 0 bridgehead atoms. The Balaban J connectivity index is 2.51. The lowest BCUT2D eigenvalue weighted by atomic mass is 10.1. The van der Waals surface area contributed by atoms with Crippen LogP contribution in [0.1, 0.15) is 23.9 Å². The van der Waals surface area contributed by atoms with Crippen molar-refractivity contribution in [3.63, 3.8) is 0 Å². The fraction of sp³-hybridized carbons (Fsp3) is 0.636. The van der Waals surface area contributed by atoms with Gasteiger partial charge >= 0.3 is 0 Å². The summed E-state index contributed by atoms with van der Waals surface area (Å²) in [7, 11) is 0. The lowest BCUT2D eigenvalue weighted by molar-refractivity contribution is -0.122. The van der Waals surface area contributed by atoms with E-state index in [1.54, 1.807) is 0 Å². The van der Waals surface area contributed by atoms with E-state index in [1.807, 2.05) is 13.8 Å². The fourth-order valence-electron chi connectivity index (χ4n) is 1.40. The molecule has 4 N–H and O–H groups in total. The van der Waals surface area contributed by atoms with Crippen molar-refractivity contribution in [2.45, 2.75) is 32.8 Å². The number of nitrogens with zero attached hydrogens (tertiary/aromatic N) is 1. The van der Waals surface area contributed by atoms with Gasteiger partial charge in [-0.2, -0.15) is 5.10 Å². The zero-order valence-electron chi connectivity index (χ0n) is 10.4. The summed E-state index contributed by atoms with van der Waals surface area (Å²) >= 11 is 0. The van der Waals surface area contributed by atoms with Gasteiger partial charge in [-0.25, -0.2) is 0 Å². The average molecular weight is 241 g/mol. The first-order valence-corrected chi connectivity index (χ1v) is 5.46. The van der Waals surface area contributed by atoms with Gasteiger partial charge in [-0.3, -0.25) is 9.89 Å². The predicted octanol–water partition coefficient (Wildman–Crippen LogP) is -0.571. The minimum atomic E-state index is -1.28. The number of aliphatic hydroxyl groups excluding tert-OH is 1. The minimum Gasteiger partial charge on any atom is -0.393 e. The summed E-state index contributed by atoms with van der Waals surface area (Å²) in [6.07, 6.45) is 0.218. The van der Waals surface area contributed by atoms with Crippen LogP contribution in [-0.2, 0) is 11.2 Å². The summed E-state index contributed by atoms with van der Waals surface area (Å²) in [5, 5.41) is 27.7. The van der Waals surface area contributed by atoms with Gasteiger partial charge < -0.3 is 15.5 Å². The van der Waals surface area contributed by atoms with Crippen LogP contribution in [0.25, 0.3) is 0 Å². The molecular formula is C11H19N3O3. The zero-order chi connectivity index (χ0) is 13.1. The van der Waals surface area contributed by atoms with Gasteiger partial charge in [-0.05, 0) is 20.8 Å². The number of aromatic nitrogens is 2. The van der Waals surface area contributed by atoms with E-state index in [2.05, 4.69) is 15.5 Å². The Hall–Kier alpha value is -1.40. The Kier molecular flexibility index (Phi) is 4.25. The maximum absolute atomic E-state index is 11.6. The number of aromatic amines is 1.